The molecule has 0 aromatic heterocycles. The average Bonchev–Trinajstić information content (AvgIpc) is 3.99. The van der Waals surface area contributed by atoms with Crippen molar-refractivity contribution in [2.75, 3.05) is 51.5 Å². The highest BCUT2D eigenvalue weighted by Gasteiger charge is 2.54. The molecule has 0 aromatic rings. The highest BCUT2D eigenvalue weighted by Crippen LogP contribution is 2.49. The van der Waals surface area contributed by atoms with Crippen molar-refractivity contribution >= 4 is 90.7 Å². The van der Waals surface area contributed by atoms with E-state index in [2.05, 4.69) is 21.3 Å². The van der Waals surface area contributed by atoms with Gasteiger partial charge in [0.15, 0.2) is 0 Å². The van der Waals surface area contributed by atoms with E-state index >= 15 is 0 Å². The molecule has 0 spiro atoms. The Morgan fingerprint density at radius 1 is 0.444 bits per heavy atom. The lowest BCUT2D eigenvalue weighted by Gasteiger charge is -2.29. The third-order valence-corrected chi connectivity index (χ3v) is 15.3. The highest BCUT2D eigenvalue weighted by atomic mass is 33.1. The van der Waals surface area contributed by atoms with Crippen LogP contribution >= 0.6 is 43.2 Å². The lowest BCUT2D eigenvalue weighted by atomic mass is 9.81. The van der Waals surface area contributed by atoms with Crippen LogP contribution in [0.15, 0.2) is 24.3 Å². The van der Waals surface area contributed by atoms with Crippen molar-refractivity contribution < 1.29 is 57.3 Å². The molecule has 54 heavy (non-hydrogen) atoms. The Balaban J connectivity index is 1.40. The molecule has 4 N–H and O–H groups in total. The Hall–Kier alpha value is -3.36. The molecule has 16 nitrogen and oxygen atoms in total. The van der Waals surface area contributed by atoms with Gasteiger partial charge in [0.1, 0.15) is 24.2 Å². The molecule has 1 aliphatic heterocycles. The van der Waals surface area contributed by atoms with E-state index in [0.29, 0.717) is 12.8 Å². The Bertz CT molecular complexity index is 1340. The van der Waals surface area contributed by atoms with Gasteiger partial charge >= 0.3 is 23.9 Å². The van der Waals surface area contributed by atoms with Crippen LogP contribution in [0.5, 0.6) is 0 Å². The van der Waals surface area contributed by atoms with Gasteiger partial charge in [-0.2, -0.15) is 0 Å². The number of hydrogen-bond donors (Lipinski definition) is 4. The van der Waals surface area contributed by atoms with Gasteiger partial charge in [0.05, 0.1) is 52.1 Å². The first-order chi connectivity index (χ1) is 25.9. The van der Waals surface area contributed by atoms with Crippen LogP contribution in [0.4, 0.5) is 0 Å². The van der Waals surface area contributed by atoms with Crippen LogP contribution in [0, 0.1) is 47.3 Å². The predicted molar refractivity (Wildman–Crippen MR) is 201 cm³/mol. The summed E-state index contributed by atoms with van der Waals surface area (Å²) in [6.45, 7) is 0. The van der Waals surface area contributed by atoms with Crippen molar-refractivity contribution in [2.45, 2.75) is 37.0 Å². The van der Waals surface area contributed by atoms with Gasteiger partial charge in [-0.1, -0.05) is 67.5 Å². The summed E-state index contributed by atoms with van der Waals surface area (Å²) in [5.41, 5.74) is 0. The third kappa shape index (κ3) is 9.35. The van der Waals surface area contributed by atoms with Crippen LogP contribution in [-0.2, 0) is 57.3 Å². The van der Waals surface area contributed by atoms with Crippen molar-refractivity contribution in [2.24, 2.45) is 47.3 Å². The smallest absolute Gasteiger partial charge is 0.329 e. The fourth-order valence-corrected chi connectivity index (χ4v) is 12.4. The summed E-state index contributed by atoms with van der Waals surface area (Å²) in [5, 5.41) is 11.0. The zero-order valence-electron chi connectivity index (χ0n) is 30.0. The maximum absolute atomic E-state index is 13.8. The van der Waals surface area contributed by atoms with E-state index in [1.165, 1.54) is 28.4 Å². The Morgan fingerprint density at radius 3 is 0.833 bits per heavy atom. The van der Waals surface area contributed by atoms with Crippen LogP contribution in [0.3, 0.4) is 0 Å². The molecule has 5 rings (SSSR count). The SMILES string of the molecule is COC(=O)[C@@H]1CSSC[C@@H](C(=O)OC)NC(=O)C2C3C=CC(C3)C2C(=O)N[C@H](C(=O)OC)CSSC[C@@H](C(=O)OC)NC(=O)C2C3C=CC(C3)C2C(=O)N1. The number of nitrogens with one attached hydrogen (secondary N) is 4. The second-order valence-corrected chi connectivity index (χ2v) is 18.6. The zero-order chi connectivity index (χ0) is 39.1. The lowest BCUT2D eigenvalue weighted by molar-refractivity contribution is -0.147. The lowest BCUT2D eigenvalue weighted by Crippen LogP contribution is -2.52. The molecular formula is C34H44N4O12S4. The molecule has 4 aliphatic carbocycles. The van der Waals surface area contributed by atoms with E-state index in [1.54, 1.807) is 0 Å². The summed E-state index contributed by atoms with van der Waals surface area (Å²) in [5.74, 6) is -9.23. The number of methoxy groups -OCH3 is 4. The predicted octanol–water partition coefficient (Wildman–Crippen LogP) is 0.271. The minimum absolute atomic E-state index is 0.0263. The highest BCUT2D eigenvalue weighted by molar-refractivity contribution is 8.77. The molecule has 1 heterocycles. The monoisotopic (exact) mass is 828 g/mol. The normalized spacial score (nSPS) is 35.9. The average molecular weight is 829 g/mol. The van der Waals surface area contributed by atoms with Gasteiger partial charge in [-0.05, 0) is 36.5 Å². The summed E-state index contributed by atoms with van der Waals surface area (Å²) in [7, 11) is 9.38. The molecule has 296 valence electrons. The minimum atomic E-state index is -1.10. The van der Waals surface area contributed by atoms with Crippen molar-refractivity contribution in [3.8, 4) is 0 Å². The van der Waals surface area contributed by atoms with Gasteiger partial charge in [0, 0.05) is 23.0 Å². The number of esters is 4. The van der Waals surface area contributed by atoms with Crippen molar-refractivity contribution in [3.63, 3.8) is 0 Å². The minimum Gasteiger partial charge on any atom is -0.467 e. The molecule has 4 amide bonds. The molecule has 0 aromatic carbocycles. The van der Waals surface area contributed by atoms with Gasteiger partial charge in [0.25, 0.3) is 0 Å². The fraction of sp³-hybridized carbons (Fsp3) is 0.647. The topological polar surface area (TPSA) is 222 Å². The van der Waals surface area contributed by atoms with E-state index in [0.717, 1.165) is 43.2 Å². The van der Waals surface area contributed by atoms with Gasteiger partial charge < -0.3 is 40.2 Å². The number of carbonyl (C=O) groups is 8. The summed E-state index contributed by atoms with van der Waals surface area (Å²) in [6.07, 6.45) is 8.59. The maximum atomic E-state index is 13.8. The number of allylic oxidation sites excluding steroid dienone is 4. The van der Waals surface area contributed by atoms with Gasteiger partial charge in [-0.25, -0.2) is 19.2 Å². The molecule has 2 saturated carbocycles. The molecule has 5 aliphatic rings. The van der Waals surface area contributed by atoms with E-state index in [-0.39, 0.29) is 46.7 Å². The number of carbonyl (C=O) groups excluding carboxylic acids is 8. The molecule has 3 fully saturated rings. The number of rotatable bonds is 4. The van der Waals surface area contributed by atoms with Crippen molar-refractivity contribution in [1.82, 2.24) is 21.3 Å². The summed E-state index contributed by atoms with van der Waals surface area (Å²) < 4.78 is 19.8. The Morgan fingerprint density at radius 2 is 0.648 bits per heavy atom. The third-order valence-electron chi connectivity index (χ3n) is 10.4. The first-order valence-corrected chi connectivity index (χ1v) is 22.3. The van der Waals surface area contributed by atoms with Crippen molar-refractivity contribution in [3.05, 3.63) is 24.3 Å². The van der Waals surface area contributed by atoms with E-state index in [1.807, 2.05) is 24.3 Å². The van der Waals surface area contributed by atoms with E-state index in [9.17, 15) is 38.4 Å². The largest absolute Gasteiger partial charge is 0.467 e. The molecule has 12 atom stereocenters. The molecule has 20 heteroatoms. The molecular weight excluding hydrogens is 785 g/mol. The van der Waals surface area contributed by atoms with Gasteiger partial charge in [0.2, 0.25) is 23.6 Å². The van der Waals surface area contributed by atoms with Crippen LogP contribution in [0.2, 0.25) is 0 Å². The fourth-order valence-electron chi connectivity index (χ4n) is 7.85. The number of ether oxygens (including phenoxy) is 4. The maximum Gasteiger partial charge on any atom is 0.329 e. The zero-order valence-corrected chi connectivity index (χ0v) is 33.3. The first-order valence-electron chi connectivity index (χ1n) is 17.3. The number of amides is 4. The van der Waals surface area contributed by atoms with Crippen LogP contribution in [0.25, 0.3) is 0 Å². The molecule has 0 radical (unpaired) electrons. The number of fused-ring (bicyclic) bond motifs is 10. The van der Waals surface area contributed by atoms with Gasteiger partial charge in [-0.3, -0.25) is 19.2 Å². The second kappa shape index (κ2) is 19.0. The Labute approximate surface area is 328 Å². The first kappa shape index (κ1) is 41.8. The Kier molecular flexibility index (Phi) is 14.7. The van der Waals surface area contributed by atoms with Crippen LogP contribution in [-0.4, -0.2) is 123 Å². The molecule has 8 unspecified atom stereocenters. The number of hydrogen-bond acceptors (Lipinski definition) is 16. The van der Waals surface area contributed by atoms with E-state index < -0.39 is 95.3 Å². The van der Waals surface area contributed by atoms with Crippen molar-refractivity contribution in [1.29, 1.82) is 0 Å². The summed E-state index contributed by atoms with van der Waals surface area (Å²) in [6, 6.07) is -4.41. The van der Waals surface area contributed by atoms with Crippen LogP contribution < -0.4 is 21.3 Å². The standard InChI is InChI=1S/C34H44N4O12S4/c1-47-31(43)19-11-51-52-12-20(32(44)48-2)36-29(41)25-17-7-8-18(10-17)26(25)30(42)38-22(34(46)50-4)14-54-53-13-21(33(45)49-3)37-28(40)24-16-6-5-15(9-16)23(24)27(39)35-19/h5-8,15-26H,9-14H2,1-4H3,(H,35,39)(H,36,41)(H,37,40)(H,38,42)/t15?,16?,17?,18?,19-,20-,21-,22-,23?,24?,25?,26?/m0/s1. The molecule has 1 saturated heterocycles. The second-order valence-electron chi connectivity index (χ2n) is 13.5. The van der Waals surface area contributed by atoms with Gasteiger partial charge in [-0.15, -0.1) is 0 Å². The quantitative estimate of drug-likeness (QED) is 0.129. The molecule has 4 bridgehead atoms. The summed E-state index contributed by atoms with van der Waals surface area (Å²) in [4.78, 5) is 106. The summed E-state index contributed by atoms with van der Waals surface area (Å²) >= 11 is 0. The van der Waals surface area contributed by atoms with Crippen LogP contribution in [0.1, 0.15) is 12.8 Å². The van der Waals surface area contributed by atoms with E-state index in [4.69, 9.17) is 18.9 Å².